The lowest BCUT2D eigenvalue weighted by molar-refractivity contribution is -0.121. The maximum atomic E-state index is 12.4. The van der Waals surface area contributed by atoms with Crippen LogP contribution in [0.3, 0.4) is 0 Å². The van der Waals surface area contributed by atoms with Crippen molar-refractivity contribution in [1.29, 1.82) is 0 Å². The maximum Gasteiger partial charge on any atom is 0.170 e. The molecule has 1 heterocycles. The minimum Gasteiger partial charge on any atom is -0.487 e. The highest BCUT2D eigenvalue weighted by Gasteiger charge is 2.34. The van der Waals surface area contributed by atoms with Gasteiger partial charge in [-0.3, -0.25) is 4.79 Å². The Labute approximate surface area is 247 Å². The third-order valence-corrected chi connectivity index (χ3v) is 9.16. The lowest BCUT2D eigenvalue weighted by Crippen LogP contribution is -2.37. The third kappa shape index (κ3) is 11.4. The maximum absolute atomic E-state index is 12.4. The molecule has 0 aromatic heterocycles. The fourth-order valence-corrected chi connectivity index (χ4v) is 6.22. The summed E-state index contributed by atoms with van der Waals surface area (Å²) in [5.41, 5.74) is 4.53. The zero-order valence-corrected chi connectivity index (χ0v) is 27.7. The van der Waals surface area contributed by atoms with Crippen LogP contribution < -0.4 is 9.47 Å². The first-order chi connectivity index (χ1) is 19.0. The van der Waals surface area contributed by atoms with Crippen molar-refractivity contribution in [2.75, 3.05) is 19.8 Å². The van der Waals surface area contributed by atoms with Gasteiger partial charge >= 0.3 is 0 Å². The molecule has 0 amide bonds. The lowest BCUT2D eigenvalue weighted by Gasteiger charge is -2.38. The molecule has 1 aliphatic heterocycles. The van der Waals surface area contributed by atoms with Gasteiger partial charge in [-0.15, -0.1) is 0 Å². The van der Waals surface area contributed by atoms with Crippen LogP contribution in [0.5, 0.6) is 11.5 Å². The molecular weight excluding hydrogens is 496 g/mol. The second-order valence-electron chi connectivity index (χ2n) is 13.5. The molecule has 0 bridgehead atoms. The Morgan fingerprint density at radius 2 is 1.50 bits per heavy atom. The quantitative estimate of drug-likeness (QED) is 0.149. The summed E-state index contributed by atoms with van der Waals surface area (Å²) >= 11 is 0. The first-order valence-corrected chi connectivity index (χ1v) is 16.5. The molecule has 0 unspecified atom stereocenters. The van der Waals surface area contributed by atoms with E-state index >= 15 is 0 Å². The van der Waals surface area contributed by atoms with Gasteiger partial charge in [0.25, 0.3) is 0 Å². The fraction of sp³-hybridized carbons (Fsp3) is 0.806. The topological polar surface area (TPSA) is 44.8 Å². The average molecular weight is 559 g/mol. The molecule has 230 valence electrons. The van der Waals surface area contributed by atoms with E-state index in [9.17, 15) is 4.79 Å². The molecular formula is C36H62O4. The van der Waals surface area contributed by atoms with Gasteiger partial charge in [-0.2, -0.15) is 0 Å². The van der Waals surface area contributed by atoms with E-state index < -0.39 is 0 Å². The Morgan fingerprint density at radius 1 is 0.875 bits per heavy atom. The number of carbonyl (C=O) groups is 1. The Balaban J connectivity index is 1.83. The summed E-state index contributed by atoms with van der Waals surface area (Å²) in [4.78, 5) is 12.4. The van der Waals surface area contributed by atoms with E-state index in [1.807, 2.05) is 6.92 Å². The number of benzene rings is 1. The van der Waals surface area contributed by atoms with Gasteiger partial charge in [-0.1, -0.05) is 72.6 Å². The molecule has 0 fully saturated rings. The van der Waals surface area contributed by atoms with Crippen LogP contribution in [0.4, 0.5) is 0 Å². The molecule has 1 aliphatic rings. The molecule has 0 spiro atoms. The van der Waals surface area contributed by atoms with Crippen molar-refractivity contribution in [2.24, 2.45) is 17.8 Å². The molecule has 0 N–H and O–H groups in total. The van der Waals surface area contributed by atoms with Crippen LogP contribution in [-0.4, -0.2) is 31.2 Å². The van der Waals surface area contributed by atoms with Crippen LogP contribution in [-0.2, 0) is 16.0 Å². The summed E-state index contributed by atoms with van der Waals surface area (Å²) < 4.78 is 18.2. The minimum atomic E-state index is -0.111. The molecule has 40 heavy (non-hydrogen) atoms. The second kappa shape index (κ2) is 17.4. The second-order valence-corrected chi connectivity index (χ2v) is 13.5. The molecule has 0 radical (unpaired) electrons. The fourth-order valence-electron chi connectivity index (χ4n) is 6.22. The summed E-state index contributed by atoms with van der Waals surface area (Å²) in [7, 11) is 0. The highest BCUT2D eigenvalue weighted by molar-refractivity contribution is 5.80. The highest BCUT2D eigenvalue weighted by atomic mass is 16.5. The van der Waals surface area contributed by atoms with Crippen molar-refractivity contribution in [3.8, 4) is 11.5 Å². The largest absolute Gasteiger partial charge is 0.487 e. The van der Waals surface area contributed by atoms with Crippen molar-refractivity contribution in [2.45, 2.75) is 151 Å². The predicted molar refractivity (Wildman–Crippen MR) is 169 cm³/mol. The van der Waals surface area contributed by atoms with Gasteiger partial charge in [-0.05, 0) is 101 Å². The number of ketones is 1. The van der Waals surface area contributed by atoms with Crippen LogP contribution in [0.2, 0.25) is 0 Å². The van der Waals surface area contributed by atoms with Gasteiger partial charge in [0, 0.05) is 25.2 Å². The summed E-state index contributed by atoms with van der Waals surface area (Å²) in [6.07, 6.45) is 15.1. The highest BCUT2D eigenvalue weighted by Crippen LogP contribution is 2.45. The molecule has 1 aromatic rings. The Kier molecular flexibility index (Phi) is 15.1. The lowest BCUT2D eigenvalue weighted by atomic mass is 9.83. The molecule has 3 atom stereocenters. The van der Waals surface area contributed by atoms with E-state index in [0.717, 1.165) is 71.6 Å². The van der Waals surface area contributed by atoms with Crippen LogP contribution in [0.25, 0.3) is 0 Å². The standard InChI is InChI=1S/C36H62O4/c1-10-38-24-14-20-32(37)25-39-34-29(6)30(7)35-33(31(34)8)21-23-36(9,40-35)22-13-19-28(5)18-12-17-27(4)16-11-15-26(2)3/h26-28H,10-25H2,1-9H3/t27-,28-,36-/m1/s1. The smallest absolute Gasteiger partial charge is 0.170 e. The van der Waals surface area contributed by atoms with Gasteiger partial charge in [0.2, 0.25) is 0 Å². The van der Waals surface area contributed by atoms with E-state index in [4.69, 9.17) is 14.2 Å². The summed E-state index contributed by atoms with van der Waals surface area (Å²) in [6, 6.07) is 0. The van der Waals surface area contributed by atoms with Crippen LogP contribution in [0.1, 0.15) is 141 Å². The number of rotatable bonds is 20. The van der Waals surface area contributed by atoms with E-state index in [2.05, 4.69) is 55.4 Å². The molecule has 0 aliphatic carbocycles. The van der Waals surface area contributed by atoms with E-state index in [1.54, 1.807) is 0 Å². The molecule has 4 nitrogen and oxygen atoms in total. The number of carbonyl (C=O) groups excluding carboxylic acids is 1. The number of ether oxygens (including phenoxy) is 3. The van der Waals surface area contributed by atoms with Crippen molar-refractivity contribution < 1.29 is 19.0 Å². The van der Waals surface area contributed by atoms with Gasteiger partial charge in [-0.25, -0.2) is 0 Å². The molecule has 0 saturated carbocycles. The molecule has 4 heteroatoms. The zero-order valence-electron chi connectivity index (χ0n) is 27.7. The summed E-state index contributed by atoms with van der Waals surface area (Å²) in [6.45, 7) is 21.6. The SMILES string of the molecule is CCOCCCC(=O)COc1c(C)c(C)c2c(c1C)CC[C@@](C)(CCC[C@H](C)CCC[C@H](C)CCCC(C)C)O2. The van der Waals surface area contributed by atoms with Crippen LogP contribution >= 0.6 is 0 Å². The van der Waals surface area contributed by atoms with Crippen molar-refractivity contribution in [3.63, 3.8) is 0 Å². The molecule has 2 rings (SSSR count). The van der Waals surface area contributed by atoms with Crippen LogP contribution in [0, 0.1) is 38.5 Å². The van der Waals surface area contributed by atoms with Crippen molar-refractivity contribution in [1.82, 2.24) is 0 Å². The van der Waals surface area contributed by atoms with Crippen molar-refractivity contribution >= 4 is 5.78 Å². The predicted octanol–water partition coefficient (Wildman–Crippen LogP) is 9.90. The normalized spacial score (nSPS) is 18.4. The third-order valence-electron chi connectivity index (χ3n) is 9.16. The minimum absolute atomic E-state index is 0.111. The number of Topliss-reactive ketones (excluding diaryl/α,β-unsaturated/α-hetero) is 1. The Bertz CT molecular complexity index is 905. The van der Waals surface area contributed by atoms with Gasteiger partial charge in [0.15, 0.2) is 5.78 Å². The number of hydrogen-bond acceptors (Lipinski definition) is 4. The van der Waals surface area contributed by atoms with Gasteiger partial charge < -0.3 is 14.2 Å². The van der Waals surface area contributed by atoms with Crippen molar-refractivity contribution in [3.05, 3.63) is 22.3 Å². The number of hydrogen-bond donors (Lipinski definition) is 0. The van der Waals surface area contributed by atoms with Gasteiger partial charge in [0.1, 0.15) is 23.7 Å². The first kappa shape index (κ1) is 34.7. The Morgan fingerprint density at radius 3 is 2.12 bits per heavy atom. The van der Waals surface area contributed by atoms with Crippen LogP contribution in [0.15, 0.2) is 0 Å². The van der Waals surface area contributed by atoms with Gasteiger partial charge in [0.05, 0.1) is 0 Å². The monoisotopic (exact) mass is 558 g/mol. The first-order valence-electron chi connectivity index (χ1n) is 16.5. The number of fused-ring (bicyclic) bond motifs is 1. The molecule has 1 aromatic carbocycles. The van der Waals surface area contributed by atoms with E-state index in [1.165, 1.54) is 56.9 Å². The Hall–Kier alpha value is -1.55. The summed E-state index contributed by atoms with van der Waals surface area (Å²) in [5.74, 6) is 4.54. The van der Waals surface area contributed by atoms with E-state index in [0.29, 0.717) is 19.6 Å². The average Bonchev–Trinajstić information content (AvgIpc) is 2.89. The summed E-state index contributed by atoms with van der Waals surface area (Å²) in [5, 5.41) is 0. The molecule has 0 saturated heterocycles. The van der Waals surface area contributed by atoms with E-state index in [-0.39, 0.29) is 18.0 Å². The zero-order chi connectivity index (χ0) is 29.7.